The predicted molar refractivity (Wildman–Crippen MR) is 107 cm³/mol. The summed E-state index contributed by atoms with van der Waals surface area (Å²) >= 11 is 0. The van der Waals surface area contributed by atoms with Gasteiger partial charge in [-0.2, -0.15) is 0 Å². The number of nitrogens with two attached hydrogens (primary N) is 1. The molecule has 1 fully saturated rings. The van der Waals surface area contributed by atoms with Gasteiger partial charge in [0.05, 0.1) is 6.42 Å². The van der Waals surface area contributed by atoms with Gasteiger partial charge in [-0.05, 0) is 30.7 Å². The lowest BCUT2D eigenvalue weighted by Gasteiger charge is -2.29. The number of amides is 2. The first-order valence-corrected chi connectivity index (χ1v) is 9.24. The Balaban J connectivity index is 0.00000338. The van der Waals surface area contributed by atoms with Crippen molar-refractivity contribution in [3.05, 3.63) is 35.9 Å². The van der Waals surface area contributed by atoms with Crippen molar-refractivity contribution >= 4 is 24.2 Å². The maximum Gasteiger partial charge on any atom is 0.245 e. The van der Waals surface area contributed by atoms with E-state index in [1.165, 1.54) is 0 Å². The number of likely N-dealkylation sites (tertiary alicyclic amines) is 1. The molecule has 0 saturated carbocycles. The molecule has 2 atom stereocenters. The molecule has 1 aromatic rings. The van der Waals surface area contributed by atoms with E-state index in [2.05, 4.69) is 13.8 Å². The van der Waals surface area contributed by atoms with Gasteiger partial charge in [0.1, 0.15) is 6.04 Å². The summed E-state index contributed by atoms with van der Waals surface area (Å²) < 4.78 is 0. The highest BCUT2D eigenvalue weighted by Crippen LogP contribution is 2.21. The van der Waals surface area contributed by atoms with Gasteiger partial charge in [0.2, 0.25) is 11.8 Å². The number of hydrogen-bond acceptors (Lipinski definition) is 3. The Kier molecular flexibility index (Phi) is 9.09. The Morgan fingerprint density at radius 1 is 1.27 bits per heavy atom. The normalized spacial score (nSPS) is 17.7. The van der Waals surface area contributed by atoms with Crippen molar-refractivity contribution in [2.75, 3.05) is 20.1 Å². The quantitative estimate of drug-likeness (QED) is 0.788. The second kappa shape index (κ2) is 10.5. The van der Waals surface area contributed by atoms with Gasteiger partial charge in [-0.15, -0.1) is 12.4 Å². The first-order chi connectivity index (χ1) is 11.9. The van der Waals surface area contributed by atoms with E-state index in [1.54, 1.807) is 9.80 Å². The standard InChI is InChI=1S/C20H31N3O2.ClH/c1-15(2)17(21)11-13-22(3)20(25)18-10-7-12-23(18)19(24)14-16-8-5-4-6-9-16;/h4-6,8-9,15,17-18H,7,10-14,21H2,1-3H3;1H. The van der Waals surface area contributed by atoms with Crippen molar-refractivity contribution in [3.8, 4) is 0 Å². The molecule has 0 aliphatic carbocycles. The molecule has 1 aliphatic heterocycles. The molecule has 1 saturated heterocycles. The minimum atomic E-state index is -0.323. The highest BCUT2D eigenvalue weighted by molar-refractivity contribution is 5.89. The van der Waals surface area contributed by atoms with Crippen LogP contribution in [-0.2, 0) is 16.0 Å². The molecular weight excluding hydrogens is 350 g/mol. The van der Waals surface area contributed by atoms with Crippen LogP contribution in [0.25, 0.3) is 0 Å². The van der Waals surface area contributed by atoms with Crippen molar-refractivity contribution in [2.24, 2.45) is 11.7 Å². The summed E-state index contributed by atoms with van der Waals surface area (Å²) in [6, 6.07) is 9.47. The number of likely N-dealkylation sites (N-methyl/N-ethyl adjacent to an activating group) is 1. The van der Waals surface area contributed by atoms with Crippen LogP contribution in [0, 0.1) is 5.92 Å². The second-order valence-corrected chi connectivity index (χ2v) is 7.36. The maximum atomic E-state index is 12.8. The zero-order valence-corrected chi connectivity index (χ0v) is 16.9. The third kappa shape index (κ3) is 5.99. The highest BCUT2D eigenvalue weighted by Gasteiger charge is 2.35. The molecule has 0 aromatic heterocycles. The van der Waals surface area contributed by atoms with Crippen molar-refractivity contribution in [1.82, 2.24) is 9.80 Å². The highest BCUT2D eigenvalue weighted by atomic mass is 35.5. The average molecular weight is 382 g/mol. The molecule has 0 bridgehead atoms. The van der Waals surface area contributed by atoms with E-state index in [0.29, 0.717) is 25.4 Å². The smallest absolute Gasteiger partial charge is 0.245 e. The number of carbonyl (C=O) groups is 2. The summed E-state index contributed by atoms with van der Waals surface area (Å²) in [4.78, 5) is 28.9. The van der Waals surface area contributed by atoms with E-state index < -0.39 is 0 Å². The van der Waals surface area contributed by atoms with Gasteiger partial charge < -0.3 is 15.5 Å². The summed E-state index contributed by atoms with van der Waals surface area (Å²) in [7, 11) is 1.81. The summed E-state index contributed by atoms with van der Waals surface area (Å²) in [6.07, 6.45) is 2.77. The minimum Gasteiger partial charge on any atom is -0.344 e. The number of benzene rings is 1. The van der Waals surface area contributed by atoms with Crippen LogP contribution in [0.2, 0.25) is 0 Å². The Labute approximate surface area is 163 Å². The lowest BCUT2D eigenvalue weighted by atomic mass is 10.0. The SMILES string of the molecule is CC(C)C(N)CCN(C)C(=O)C1CCCN1C(=O)Cc1ccccc1.Cl. The van der Waals surface area contributed by atoms with Crippen molar-refractivity contribution in [1.29, 1.82) is 0 Å². The van der Waals surface area contributed by atoms with Gasteiger partial charge in [-0.25, -0.2) is 0 Å². The summed E-state index contributed by atoms with van der Waals surface area (Å²) in [5, 5.41) is 0. The van der Waals surface area contributed by atoms with Gasteiger partial charge in [0.25, 0.3) is 0 Å². The van der Waals surface area contributed by atoms with Crippen LogP contribution < -0.4 is 5.73 Å². The largest absolute Gasteiger partial charge is 0.344 e. The van der Waals surface area contributed by atoms with Crippen LogP contribution in [0.4, 0.5) is 0 Å². The second-order valence-electron chi connectivity index (χ2n) is 7.36. The van der Waals surface area contributed by atoms with Gasteiger partial charge >= 0.3 is 0 Å². The first-order valence-electron chi connectivity index (χ1n) is 9.24. The zero-order valence-electron chi connectivity index (χ0n) is 16.1. The van der Waals surface area contributed by atoms with Crippen LogP contribution >= 0.6 is 12.4 Å². The summed E-state index contributed by atoms with van der Waals surface area (Å²) in [5.74, 6) is 0.475. The third-order valence-corrected chi connectivity index (χ3v) is 5.09. The number of rotatable bonds is 7. The molecule has 2 rings (SSSR count). The van der Waals surface area contributed by atoms with Gasteiger partial charge in [-0.1, -0.05) is 44.2 Å². The molecule has 26 heavy (non-hydrogen) atoms. The summed E-state index contributed by atoms with van der Waals surface area (Å²) in [5.41, 5.74) is 7.07. The topological polar surface area (TPSA) is 66.6 Å². The van der Waals surface area contributed by atoms with Crippen molar-refractivity contribution in [2.45, 2.75) is 51.6 Å². The number of carbonyl (C=O) groups excluding carboxylic acids is 2. The van der Waals surface area contributed by atoms with E-state index in [9.17, 15) is 9.59 Å². The van der Waals surface area contributed by atoms with E-state index in [1.807, 2.05) is 37.4 Å². The molecule has 2 unspecified atom stereocenters. The third-order valence-electron chi connectivity index (χ3n) is 5.09. The van der Waals surface area contributed by atoms with Crippen molar-refractivity contribution < 1.29 is 9.59 Å². The monoisotopic (exact) mass is 381 g/mol. The predicted octanol–water partition coefficient (Wildman–Crippen LogP) is 2.47. The fourth-order valence-corrected chi connectivity index (χ4v) is 3.23. The fraction of sp³-hybridized carbons (Fsp3) is 0.600. The van der Waals surface area contributed by atoms with Crippen LogP contribution in [-0.4, -0.2) is 53.8 Å². The van der Waals surface area contributed by atoms with Gasteiger partial charge in [-0.3, -0.25) is 9.59 Å². The molecule has 0 radical (unpaired) electrons. The molecule has 1 aliphatic rings. The Morgan fingerprint density at radius 3 is 2.54 bits per heavy atom. The maximum absolute atomic E-state index is 12.8. The average Bonchev–Trinajstić information content (AvgIpc) is 3.09. The first kappa shape index (κ1) is 22.5. The molecule has 5 nitrogen and oxygen atoms in total. The van der Waals surface area contributed by atoms with E-state index in [-0.39, 0.29) is 36.3 Å². The van der Waals surface area contributed by atoms with Crippen LogP contribution in [0.1, 0.15) is 38.7 Å². The number of hydrogen-bond donors (Lipinski definition) is 1. The minimum absolute atomic E-state index is 0. The molecule has 6 heteroatoms. The van der Waals surface area contributed by atoms with E-state index in [4.69, 9.17) is 5.73 Å². The molecule has 1 aromatic carbocycles. The van der Waals surface area contributed by atoms with Gasteiger partial charge in [0.15, 0.2) is 0 Å². The Bertz CT molecular complexity index is 580. The lowest BCUT2D eigenvalue weighted by molar-refractivity contribution is -0.142. The van der Waals surface area contributed by atoms with Gasteiger partial charge in [0, 0.05) is 26.2 Å². The van der Waals surface area contributed by atoms with Crippen molar-refractivity contribution in [3.63, 3.8) is 0 Å². The summed E-state index contributed by atoms with van der Waals surface area (Å²) in [6.45, 7) is 5.48. The van der Waals surface area contributed by atoms with Crippen LogP contribution in [0.3, 0.4) is 0 Å². The number of halogens is 1. The zero-order chi connectivity index (χ0) is 18.4. The molecule has 1 heterocycles. The van der Waals surface area contributed by atoms with Crippen LogP contribution in [0.5, 0.6) is 0 Å². The molecule has 2 amide bonds. The number of nitrogens with zero attached hydrogens (tertiary/aromatic N) is 2. The molecule has 0 spiro atoms. The molecule has 2 N–H and O–H groups in total. The van der Waals surface area contributed by atoms with E-state index in [0.717, 1.165) is 24.8 Å². The lowest BCUT2D eigenvalue weighted by Crippen LogP contribution is -2.47. The van der Waals surface area contributed by atoms with Crippen LogP contribution in [0.15, 0.2) is 30.3 Å². The molecular formula is C20H32ClN3O2. The Morgan fingerprint density at radius 2 is 1.92 bits per heavy atom. The fourth-order valence-electron chi connectivity index (χ4n) is 3.23. The van der Waals surface area contributed by atoms with E-state index >= 15 is 0 Å². The molecule has 146 valence electrons. The Hall–Kier alpha value is -1.59.